The summed E-state index contributed by atoms with van der Waals surface area (Å²) in [5.74, 6) is -0.721. The molecule has 0 atom stereocenters. The fourth-order valence-corrected chi connectivity index (χ4v) is 1.69. The molecule has 0 aliphatic rings. The summed E-state index contributed by atoms with van der Waals surface area (Å²) in [6.07, 6.45) is 0. The second-order valence-corrected chi connectivity index (χ2v) is 4.13. The summed E-state index contributed by atoms with van der Waals surface area (Å²) < 4.78 is 32.5. The van der Waals surface area contributed by atoms with Crippen LogP contribution in [-0.4, -0.2) is 7.11 Å². The molecular weight excluding hydrogens is 250 g/mol. The van der Waals surface area contributed by atoms with E-state index < -0.39 is 11.6 Å². The third-order valence-corrected chi connectivity index (χ3v) is 2.80. The Bertz CT molecular complexity index is 615. The molecule has 0 heterocycles. The van der Waals surface area contributed by atoms with E-state index >= 15 is 0 Å². The minimum Gasteiger partial charge on any atom is -0.497 e. The first-order valence-electron chi connectivity index (χ1n) is 5.68. The first-order valence-corrected chi connectivity index (χ1v) is 5.68. The Hall–Kier alpha value is -2.30. The van der Waals surface area contributed by atoms with Crippen LogP contribution in [0, 0.1) is 18.6 Å². The van der Waals surface area contributed by atoms with E-state index in [-0.39, 0.29) is 5.69 Å². The van der Waals surface area contributed by atoms with Crippen LogP contribution in [0.15, 0.2) is 30.3 Å². The van der Waals surface area contributed by atoms with Crippen molar-refractivity contribution in [2.75, 3.05) is 18.2 Å². The Morgan fingerprint density at radius 2 is 1.89 bits per heavy atom. The van der Waals surface area contributed by atoms with Gasteiger partial charge in [-0.15, -0.1) is 0 Å². The predicted octanol–water partition coefficient (Wildman–Crippen LogP) is 3.61. The molecule has 0 aliphatic heterocycles. The van der Waals surface area contributed by atoms with E-state index in [4.69, 9.17) is 10.5 Å². The van der Waals surface area contributed by atoms with Crippen molar-refractivity contribution in [3.63, 3.8) is 0 Å². The van der Waals surface area contributed by atoms with Gasteiger partial charge in [-0.1, -0.05) is 6.07 Å². The van der Waals surface area contributed by atoms with Gasteiger partial charge in [0.2, 0.25) is 0 Å². The van der Waals surface area contributed by atoms with E-state index in [2.05, 4.69) is 5.32 Å². The quantitative estimate of drug-likeness (QED) is 0.832. The Labute approximate surface area is 110 Å². The van der Waals surface area contributed by atoms with Crippen molar-refractivity contribution in [3.05, 3.63) is 47.5 Å². The van der Waals surface area contributed by atoms with Crippen molar-refractivity contribution >= 4 is 17.1 Å². The molecule has 5 heteroatoms. The van der Waals surface area contributed by atoms with Crippen LogP contribution in [0.3, 0.4) is 0 Å². The Morgan fingerprint density at radius 1 is 1.16 bits per heavy atom. The summed E-state index contributed by atoms with van der Waals surface area (Å²) in [5, 5.41) is 2.67. The molecule has 0 saturated heterocycles. The van der Waals surface area contributed by atoms with E-state index in [1.807, 2.05) is 0 Å². The second kappa shape index (κ2) is 5.14. The lowest BCUT2D eigenvalue weighted by Gasteiger charge is -2.13. The van der Waals surface area contributed by atoms with Gasteiger partial charge in [-0.2, -0.15) is 0 Å². The second-order valence-electron chi connectivity index (χ2n) is 4.13. The standard InChI is InChI=1S/C14H14F2N2O/c1-8-3-5-10(15)14(13(8)16)18-12-6-4-9(19-2)7-11(12)17/h3-7,18H,17H2,1-2H3. The highest BCUT2D eigenvalue weighted by molar-refractivity contribution is 5.74. The van der Waals surface area contributed by atoms with Gasteiger partial charge in [-0.3, -0.25) is 0 Å². The average Bonchev–Trinajstić information content (AvgIpc) is 2.40. The number of nitrogens with one attached hydrogen (secondary N) is 1. The van der Waals surface area contributed by atoms with Gasteiger partial charge in [0.05, 0.1) is 18.5 Å². The number of ether oxygens (including phenoxy) is 1. The molecule has 100 valence electrons. The molecule has 2 aromatic carbocycles. The Morgan fingerprint density at radius 3 is 2.53 bits per heavy atom. The van der Waals surface area contributed by atoms with Crippen LogP contribution < -0.4 is 15.8 Å². The smallest absolute Gasteiger partial charge is 0.152 e. The van der Waals surface area contributed by atoms with Crippen LogP contribution in [0.1, 0.15) is 5.56 Å². The summed E-state index contributed by atoms with van der Waals surface area (Å²) >= 11 is 0. The molecule has 0 aliphatic carbocycles. The van der Waals surface area contributed by atoms with Crippen molar-refractivity contribution in [1.82, 2.24) is 0 Å². The topological polar surface area (TPSA) is 47.3 Å². The summed E-state index contributed by atoms with van der Waals surface area (Å²) in [7, 11) is 1.52. The van der Waals surface area contributed by atoms with Gasteiger partial charge in [0.15, 0.2) is 5.82 Å². The number of nitrogens with two attached hydrogens (primary N) is 1. The van der Waals surface area contributed by atoms with Crippen LogP contribution >= 0.6 is 0 Å². The third kappa shape index (κ3) is 2.59. The number of methoxy groups -OCH3 is 1. The zero-order valence-corrected chi connectivity index (χ0v) is 10.6. The molecule has 0 radical (unpaired) electrons. The maximum Gasteiger partial charge on any atom is 0.152 e. The lowest BCUT2D eigenvalue weighted by Crippen LogP contribution is -2.02. The van der Waals surface area contributed by atoms with Gasteiger partial charge >= 0.3 is 0 Å². The first kappa shape index (κ1) is 13.1. The number of nitrogen functional groups attached to an aromatic ring is 1. The average molecular weight is 264 g/mol. The molecule has 0 spiro atoms. The van der Waals surface area contributed by atoms with Gasteiger partial charge in [0.1, 0.15) is 17.3 Å². The maximum atomic E-state index is 13.9. The van der Waals surface area contributed by atoms with Crippen LogP contribution in [0.4, 0.5) is 25.8 Å². The first-order chi connectivity index (χ1) is 9.02. The van der Waals surface area contributed by atoms with E-state index in [9.17, 15) is 8.78 Å². The van der Waals surface area contributed by atoms with Crippen molar-refractivity contribution in [2.24, 2.45) is 0 Å². The number of hydrogen-bond donors (Lipinski definition) is 2. The summed E-state index contributed by atoms with van der Waals surface area (Å²) in [6, 6.07) is 7.43. The van der Waals surface area contributed by atoms with Crippen molar-refractivity contribution < 1.29 is 13.5 Å². The number of anilines is 3. The number of benzene rings is 2. The predicted molar refractivity (Wildman–Crippen MR) is 71.8 cm³/mol. The molecule has 0 bridgehead atoms. The molecule has 0 amide bonds. The fraction of sp³-hybridized carbons (Fsp3) is 0.143. The van der Waals surface area contributed by atoms with Crippen molar-refractivity contribution in [3.8, 4) is 5.75 Å². The number of aryl methyl sites for hydroxylation is 1. The molecule has 3 N–H and O–H groups in total. The minimum atomic E-state index is -0.668. The number of halogens is 2. The van der Waals surface area contributed by atoms with E-state index in [1.54, 1.807) is 25.1 Å². The Balaban J connectivity index is 2.39. The van der Waals surface area contributed by atoms with E-state index in [1.165, 1.54) is 19.2 Å². The molecule has 2 rings (SSSR count). The van der Waals surface area contributed by atoms with Crippen LogP contribution in [0.25, 0.3) is 0 Å². The van der Waals surface area contributed by atoms with Crippen molar-refractivity contribution in [1.29, 1.82) is 0 Å². The largest absolute Gasteiger partial charge is 0.497 e. The molecule has 3 nitrogen and oxygen atoms in total. The zero-order chi connectivity index (χ0) is 14.0. The van der Waals surface area contributed by atoms with Crippen LogP contribution in [-0.2, 0) is 0 Å². The summed E-state index contributed by atoms with van der Waals surface area (Å²) in [6.45, 7) is 1.57. The number of hydrogen-bond acceptors (Lipinski definition) is 3. The molecule has 0 unspecified atom stereocenters. The summed E-state index contributed by atoms with van der Waals surface area (Å²) in [4.78, 5) is 0. The molecular formula is C14H14F2N2O. The lowest BCUT2D eigenvalue weighted by atomic mass is 10.2. The van der Waals surface area contributed by atoms with Gasteiger partial charge in [-0.25, -0.2) is 8.78 Å². The molecule has 19 heavy (non-hydrogen) atoms. The number of rotatable bonds is 3. The molecule has 0 saturated carbocycles. The normalized spacial score (nSPS) is 10.3. The van der Waals surface area contributed by atoms with Gasteiger partial charge in [0.25, 0.3) is 0 Å². The highest BCUT2D eigenvalue weighted by Gasteiger charge is 2.12. The third-order valence-electron chi connectivity index (χ3n) is 2.80. The Kier molecular flexibility index (Phi) is 3.55. The van der Waals surface area contributed by atoms with Gasteiger partial charge in [0, 0.05) is 6.07 Å². The van der Waals surface area contributed by atoms with Gasteiger partial charge in [-0.05, 0) is 30.7 Å². The van der Waals surface area contributed by atoms with E-state index in [0.717, 1.165) is 0 Å². The highest BCUT2D eigenvalue weighted by atomic mass is 19.1. The fourth-order valence-electron chi connectivity index (χ4n) is 1.69. The maximum absolute atomic E-state index is 13.9. The van der Waals surface area contributed by atoms with E-state index in [0.29, 0.717) is 22.7 Å². The highest BCUT2D eigenvalue weighted by Crippen LogP contribution is 2.30. The monoisotopic (exact) mass is 264 g/mol. The molecule has 2 aromatic rings. The van der Waals surface area contributed by atoms with Crippen LogP contribution in [0.5, 0.6) is 5.75 Å². The molecule has 0 fully saturated rings. The molecule has 0 aromatic heterocycles. The SMILES string of the molecule is COc1ccc(Nc2c(F)ccc(C)c2F)c(N)c1. The zero-order valence-electron chi connectivity index (χ0n) is 10.6. The van der Waals surface area contributed by atoms with Crippen molar-refractivity contribution in [2.45, 2.75) is 6.92 Å². The minimum absolute atomic E-state index is 0.211. The van der Waals surface area contributed by atoms with Gasteiger partial charge < -0.3 is 15.8 Å². The lowest BCUT2D eigenvalue weighted by molar-refractivity contribution is 0.415. The summed E-state index contributed by atoms with van der Waals surface area (Å²) in [5.41, 5.74) is 6.71. The van der Waals surface area contributed by atoms with Crippen LogP contribution in [0.2, 0.25) is 0 Å².